The van der Waals surface area contributed by atoms with E-state index >= 15 is 0 Å². The molecule has 0 aromatic rings. The summed E-state index contributed by atoms with van der Waals surface area (Å²) in [4.78, 5) is 11.8. The maximum atomic E-state index is 11.8. The summed E-state index contributed by atoms with van der Waals surface area (Å²) in [6.07, 6.45) is 10.1. The van der Waals surface area contributed by atoms with Crippen molar-refractivity contribution in [2.75, 3.05) is 6.61 Å². The van der Waals surface area contributed by atoms with Crippen molar-refractivity contribution in [2.45, 2.75) is 76.4 Å². The molecule has 1 saturated carbocycles. The lowest BCUT2D eigenvalue weighted by molar-refractivity contribution is -0.145. The van der Waals surface area contributed by atoms with Crippen molar-refractivity contribution in [3.05, 3.63) is 0 Å². The second-order valence-corrected chi connectivity index (χ2v) is 5.35. The third-order valence-electron chi connectivity index (χ3n) is 3.93. The average Bonchev–Trinajstić information content (AvgIpc) is 3.03. The molecular formula is C14H24O3. The molecule has 3 nitrogen and oxygen atoms in total. The Hall–Kier alpha value is -0.570. The van der Waals surface area contributed by atoms with Gasteiger partial charge in [-0.3, -0.25) is 0 Å². The highest BCUT2D eigenvalue weighted by Crippen LogP contribution is 2.48. The molecule has 1 aliphatic carbocycles. The fourth-order valence-corrected chi connectivity index (χ4v) is 2.77. The number of carbonyl (C=O) groups is 1. The molecule has 1 atom stereocenters. The molecule has 0 bridgehead atoms. The summed E-state index contributed by atoms with van der Waals surface area (Å²) in [6, 6.07) is 0. The first-order valence-electron chi connectivity index (χ1n) is 7.13. The topological polar surface area (TPSA) is 38.8 Å². The van der Waals surface area contributed by atoms with Crippen LogP contribution in [0.3, 0.4) is 0 Å². The van der Waals surface area contributed by atoms with Gasteiger partial charge in [-0.15, -0.1) is 0 Å². The molecule has 2 fully saturated rings. The number of ether oxygens (including phenoxy) is 2. The molecule has 2 aliphatic rings. The first kappa shape index (κ1) is 12.9. The summed E-state index contributed by atoms with van der Waals surface area (Å²) in [5.41, 5.74) is -0.112. The highest BCUT2D eigenvalue weighted by Gasteiger charge is 2.61. The molecule has 98 valence electrons. The van der Waals surface area contributed by atoms with Crippen molar-refractivity contribution in [2.24, 2.45) is 0 Å². The Balaban J connectivity index is 1.61. The summed E-state index contributed by atoms with van der Waals surface area (Å²) >= 11 is 0. The van der Waals surface area contributed by atoms with Gasteiger partial charge in [-0.25, -0.2) is 4.79 Å². The van der Waals surface area contributed by atoms with E-state index in [-0.39, 0.29) is 17.7 Å². The summed E-state index contributed by atoms with van der Waals surface area (Å²) in [5.74, 6) is -0.122. The maximum absolute atomic E-state index is 11.8. The summed E-state index contributed by atoms with van der Waals surface area (Å²) in [5, 5.41) is 0. The lowest BCUT2D eigenvalue weighted by Gasteiger charge is -2.17. The Morgan fingerprint density at radius 3 is 2.71 bits per heavy atom. The van der Waals surface area contributed by atoms with E-state index in [1.54, 1.807) is 0 Å². The standard InChI is InChI=1S/C14H24O3/c1-2-3-4-8-11-16-13(15)12-14(17-12)9-6-5-7-10-14/h12H,2-11H2,1H3. The van der Waals surface area contributed by atoms with Crippen molar-refractivity contribution in [1.82, 2.24) is 0 Å². The number of carbonyl (C=O) groups excluding carboxylic acids is 1. The molecule has 17 heavy (non-hydrogen) atoms. The van der Waals surface area contributed by atoms with Gasteiger partial charge in [0.1, 0.15) is 5.60 Å². The zero-order valence-corrected chi connectivity index (χ0v) is 10.9. The van der Waals surface area contributed by atoms with E-state index in [0.717, 1.165) is 25.7 Å². The number of esters is 1. The fourth-order valence-electron chi connectivity index (χ4n) is 2.77. The van der Waals surface area contributed by atoms with Gasteiger partial charge in [0.05, 0.1) is 6.61 Å². The van der Waals surface area contributed by atoms with Gasteiger partial charge in [-0.1, -0.05) is 45.4 Å². The van der Waals surface area contributed by atoms with Crippen molar-refractivity contribution in [3.63, 3.8) is 0 Å². The van der Waals surface area contributed by atoms with Crippen LogP contribution in [0.15, 0.2) is 0 Å². The van der Waals surface area contributed by atoms with Crippen LogP contribution in [0.5, 0.6) is 0 Å². The van der Waals surface area contributed by atoms with Gasteiger partial charge >= 0.3 is 5.97 Å². The van der Waals surface area contributed by atoms with Crippen molar-refractivity contribution >= 4 is 5.97 Å². The van der Waals surface area contributed by atoms with Crippen LogP contribution in [-0.2, 0) is 14.3 Å². The lowest BCUT2D eigenvalue weighted by atomic mass is 9.86. The van der Waals surface area contributed by atoms with Crippen LogP contribution in [0.1, 0.15) is 64.7 Å². The molecule has 3 heteroatoms. The van der Waals surface area contributed by atoms with Crippen LogP contribution in [0.4, 0.5) is 0 Å². The Kier molecular flexibility index (Phi) is 4.43. The molecule has 0 N–H and O–H groups in total. The third-order valence-corrected chi connectivity index (χ3v) is 3.93. The van der Waals surface area contributed by atoms with E-state index in [9.17, 15) is 4.79 Å². The summed E-state index contributed by atoms with van der Waals surface area (Å²) in [6.45, 7) is 2.74. The molecule has 0 radical (unpaired) electrons. The monoisotopic (exact) mass is 240 g/mol. The molecule has 1 heterocycles. The van der Waals surface area contributed by atoms with Gasteiger partial charge in [0.15, 0.2) is 6.10 Å². The van der Waals surface area contributed by atoms with Crippen molar-refractivity contribution in [1.29, 1.82) is 0 Å². The van der Waals surface area contributed by atoms with E-state index in [2.05, 4.69) is 6.92 Å². The van der Waals surface area contributed by atoms with Crippen LogP contribution in [0, 0.1) is 0 Å². The van der Waals surface area contributed by atoms with Crippen LogP contribution in [0.25, 0.3) is 0 Å². The van der Waals surface area contributed by atoms with Crippen LogP contribution < -0.4 is 0 Å². The quantitative estimate of drug-likeness (QED) is 0.406. The van der Waals surface area contributed by atoms with Crippen LogP contribution >= 0.6 is 0 Å². The molecule has 1 aliphatic heterocycles. The number of epoxide rings is 1. The summed E-state index contributed by atoms with van der Waals surface area (Å²) < 4.78 is 10.9. The van der Waals surface area contributed by atoms with Gasteiger partial charge in [0, 0.05) is 0 Å². The first-order valence-corrected chi connectivity index (χ1v) is 7.13. The zero-order valence-electron chi connectivity index (χ0n) is 10.9. The van der Waals surface area contributed by atoms with Gasteiger partial charge in [0.2, 0.25) is 0 Å². The highest BCUT2D eigenvalue weighted by molar-refractivity contribution is 5.79. The van der Waals surface area contributed by atoms with E-state index in [1.807, 2.05) is 0 Å². The van der Waals surface area contributed by atoms with Crippen LogP contribution in [-0.4, -0.2) is 24.3 Å². The highest BCUT2D eigenvalue weighted by atomic mass is 16.7. The molecule has 1 unspecified atom stereocenters. The second kappa shape index (κ2) is 5.85. The molecule has 1 spiro atoms. The van der Waals surface area contributed by atoms with E-state index in [1.165, 1.54) is 32.1 Å². The molecule has 0 amide bonds. The number of hydrogen-bond donors (Lipinski definition) is 0. The Morgan fingerprint density at radius 2 is 2.00 bits per heavy atom. The minimum Gasteiger partial charge on any atom is -0.464 e. The molecule has 0 aromatic carbocycles. The molecular weight excluding hydrogens is 216 g/mol. The summed E-state index contributed by atoms with van der Waals surface area (Å²) in [7, 11) is 0. The van der Waals surface area contributed by atoms with Gasteiger partial charge < -0.3 is 9.47 Å². The number of hydrogen-bond acceptors (Lipinski definition) is 3. The molecule has 0 aromatic heterocycles. The Morgan fingerprint density at radius 1 is 1.24 bits per heavy atom. The number of unbranched alkanes of at least 4 members (excludes halogenated alkanes) is 3. The Bertz CT molecular complexity index is 256. The molecule has 1 saturated heterocycles. The van der Waals surface area contributed by atoms with Gasteiger partial charge in [0.25, 0.3) is 0 Å². The predicted octanol–water partition coefficient (Wildman–Crippen LogP) is 3.21. The minimum absolute atomic E-state index is 0.112. The third kappa shape index (κ3) is 3.21. The SMILES string of the molecule is CCCCCCOC(=O)C1OC12CCCCC2. The second-order valence-electron chi connectivity index (χ2n) is 5.35. The minimum atomic E-state index is -0.242. The lowest BCUT2D eigenvalue weighted by Crippen LogP contribution is -2.25. The zero-order chi connectivity index (χ0) is 12.1. The first-order chi connectivity index (χ1) is 8.28. The van der Waals surface area contributed by atoms with E-state index in [0.29, 0.717) is 6.61 Å². The average molecular weight is 240 g/mol. The predicted molar refractivity (Wildman–Crippen MR) is 65.8 cm³/mol. The van der Waals surface area contributed by atoms with E-state index in [4.69, 9.17) is 9.47 Å². The van der Waals surface area contributed by atoms with Crippen LogP contribution in [0.2, 0.25) is 0 Å². The maximum Gasteiger partial charge on any atom is 0.338 e. The van der Waals surface area contributed by atoms with Crippen molar-refractivity contribution in [3.8, 4) is 0 Å². The van der Waals surface area contributed by atoms with Crippen molar-refractivity contribution < 1.29 is 14.3 Å². The van der Waals surface area contributed by atoms with E-state index < -0.39 is 0 Å². The van der Waals surface area contributed by atoms with Gasteiger partial charge in [-0.05, 0) is 19.3 Å². The fraction of sp³-hybridized carbons (Fsp3) is 0.929. The largest absolute Gasteiger partial charge is 0.464 e. The normalized spacial score (nSPS) is 25.8. The Labute approximate surface area is 104 Å². The smallest absolute Gasteiger partial charge is 0.338 e. The molecule has 2 rings (SSSR count). The number of rotatable bonds is 6. The van der Waals surface area contributed by atoms with Gasteiger partial charge in [-0.2, -0.15) is 0 Å².